The van der Waals surface area contributed by atoms with Gasteiger partial charge in [0.25, 0.3) is 5.91 Å². The number of anilines is 1. The Kier molecular flexibility index (Phi) is 8.13. The standard InChI is InChI=1S/C27H29BrFN5O3/c1-2-16(17-5-19(10-20(28)6-17)27(15-30)3-4-27)8-24(36)14-31-25(37)18-7-22(11-23(35)9-18)34-26-32-12-21(29)13-33-26/h5-7,9-11,16,21,35H,2-4,8,12-14H2,1H3,(H,31,37)(H2,32,33,34)/t16-/m1/s1. The summed E-state index contributed by atoms with van der Waals surface area (Å²) in [6.07, 6.45) is 1.61. The Morgan fingerprint density at radius 3 is 2.73 bits per heavy atom. The fourth-order valence-corrected chi connectivity index (χ4v) is 4.90. The van der Waals surface area contributed by atoms with Crippen molar-refractivity contribution in [3.63, 3.8) is 0 Å². The molecule has 194 valence electrons. The van der Waals surface area contributed by atoms with Crippen LogP contribution < -0.4 is 16.0 Å². The van der Waals surface area contributed by atoms with Gasteiger partial charge in [0.2, 0.25) is 0 Å². The van der Waals surface area contributed by atoms with Gasteiger partial charge in [0, 0.05) is 28.2 Å². The minimum absolute atomic E-state index is 0.0306. The summed E-state index contributed by atoms with van der Waals surface area (Å²) in [4.78, 5) is 29.5. The lowest BCUT2D eigenvalue weighted by Crippen LogP contribution is -2.40. The molecular weight excluding hydrogens is 541 g/mol. The summed E-state index contributed by atoms with van der Waals surface area (Å²) in [5, 5.41) is 28.0. The highest BCUT2D eigenvalue weighted by atomic mass is 79.9. The second-order valence-electron chi connectivity index (χ2n) is 9.56. The van der Waals surface area contributed by atoms with E-state index >= 15 is 0 Å². The lowest BCUT2D eigenvalue weighted by atomic mass is 9.87. The van der Waals surface area contributed by atoms with Gasteiger partial charge in [0.05, 0.1) is 31.1 Å². The van der Waals surface area contributed by atoms with E-state index in [4.69, 9.17) is 0 Å². The largest absolute Gasteiger partial charge is 0.508 e. The molecule has 2 aliphatic rings. The minimum atomic E-state index is -1.06. The zero-order valence-electron chi connectivity index (χ0n) is 20.5. The number of halogens is 2. The maximum absolute atomic E-state index is 13.2. The van der Waals surface area contributed by atoms with E-state index in [1.165, 1.54) is 18.2 Å². The highest BCUT2D eigenvalue weighted by Gasteiger charge is 2.45. The zero-order valence-corrected chi connectivity index (χ0v) is 22.1. The van der Waals surface area contributed by atoms with Crippen LogP contribution in [0.4, 0.5) is 10.1 Å². The molecule has 2 aromatic carbocycles. The molecule has 1 amide bonds. The first kappa shape index (κ1) is 26.6. The van der Waals surface area contributed by atoms with E-state index in [1.807, 2.05) is 25.1 Å². The van der Waals surface area contributed by atoms with Crippen molar-refractivity contribution in [3.8, 4) is 11.8 Å². The molecule has 0 radical (unpaired) electrons. The second-order valence-corrected chi connectivity index (χ2v) is 10.5. The van der Waals surface area contributed by atoms with Gasteiger partial charge < -0.3 is 21.1 Å². The summed E-state index contributed by atoms with van der Waals surface area (Å²) in [5.41, 5.74) is 2.13. The molecule has 1 fully saturated rings. The van der Waals surface area contributed by atoms with E-state index in [0.29, 0.717) is 11.6 Å². The molecular formula is C27H29BrFN5O3. The van der Waals surface area contributed by atoms with Crippen molar-refractivity contribution in [2.45, 2.75) is 50.1 Å². The quantitative estimate of drug-likeness (QED) is 0.356. The SMILES string of the molecule is CC[C@H](CC(=O)CNC(=O)c1cc(O)cc(NC2=NCC(F)CN2)c1)c1cc(Br)cc(C2(C#N)CC2)c1. The lowest BCUT2D eigenvalue weighted by molar-refractivity contribution is -0.118. The van der Waals surface area contributed by atoms with Crippen molar-refractivity contribution in [1.82, 2.24) is 10.6 Å². The highest BCUT2D eigenvalue weighted by molar-refractivity contribution is 9.10. The number of carbonyl (C=O) groups excluding carboxylic acids is 2. The van der Waals surface area contributed by atoms with E-state index in [9.17, 15) is 24.3 Å². The van der Waals surface area contributed by atoms with Crippen LogP contribution in [-0.4, -0.2) is 48.6 Å². The monoisotopic (exact) mass is 569 g/mol. The number of phenols is 1. The summed E-state index contributed by atoms with van der Waals surface area (Å²) in [5.74, 6) is -0.451. The Morgan fingerprint density at radius 1 is 1.30 bits per heavy atom. The van der Waals surface area contributed by atoms with Crippen molar-refractivity contribution >= 4 is 39.3 Å². The summed E-state index contributed by atoms with van der Waals surface area (Å²) in [6, 6.07) is 12.7. The lowest BCUT2D eigenvalue weighted by Gasteiger charge is -2.19. The number of phenolic OH excluding ortho intramolecular Hbond substituents is 1. The zero-order chi connectivity index (χ0) is 26.6. The molecule has 10 heteroatoms. The van der Waals surface area contributed by atoms with Gasteiger partial charge in [-0.25, -0.2) is 9.38 Å². The number of hydrogen-bond acceptors (Lipinski definition) is 7. The number of nitrogens with one attached hydrogen (secondary N) is 3. The topological polar surface area (TPSA) is 127 Å². The molecule has 2 aromatic rings. The van der Waals surface area contributed by atoms with Crippen molar-refractivity contribution in [2.75, 3.05) is 25.0 Å². The maximum atomic E-state index is 13.2. The summed E-state index contributed by atoms with van der Waals surface area (Å²) < 4.78 is 14.1. The van der Waals surface area contributed by atoms with Crippen LogP contribution in [0.15, 0.2) is 45.9 Å². The Labute approximate surface area is 223 Å². The van der Waals surface area contributed by atoms with Gasteiger partial charge in [-0.1, -0.05) is 28.9 Å². The van der Waals surface area contributed by atoms with Gasteiger partial charge in [-0.15, -0.1) is 0 Å². The first-order valence-corrected chi connectivity index (χ1v) is 13.1. The molecule has 37 heavy (non-hydrogen) atoms. The molecule has 4 N–H and O–H groups in total. The van der Waals surface area contributed by atoms with Crippen LogP contribution >= 0.6 is 15.9 Å². The van der Waals surface area contributed by atoms with E-state index in [1.54, 1.807) is 0 Å². The summed E-state index contributed by atoms with van der Waals surface area (Å²) in [6.45, 7) is 2.01. The van der Waals surface area contributed by atoms with E-state index in [-0.39, 0.29) is 49.1 Å². The Balaban J connectivity index is 1.37. The van der Waals surface area contributed by atoms with E-state index in [0.717, 1.165) is 34.9 Å². The Hall–Kier alpha value is -3.45. The molecule has 1 heterocycles. The fourth-order valence-electron chi connectivity index (χ4n) is 4.39. The number of ketones is 1. The van der Waals surface area contributed by atoms with Crippen molar-refractivity contribution in [3.05, 3.63) is 57.6 Å². The first-order chi connectivity index (χ1) is 17.7. The average molecular weight is 570 g/mol. The number of Topliss-reactive ketones (excluding diaryl/α,β-unsaturated/α-hetero) is 1. The van der Waals surface area contributed by atoms with Crippen LogP contribution in [0.2, 0.25) is 0 Å². The van der Waals surface area contributed by atoms with Crippen LogP contribution in [0.1, 0.15) is 60.0 Å². The number of nitriles is 1. The van der Waals surface area contributed by atoms with Crippen LogP contribution in [-0.2, 0) is 10.2 Å². The molecule has 1 aliphatic heterocycles. The number of hydrogen-bond donors (Lipinski definition) is 4. The number of aliphatic imine (C=N–C) groups is 1. The van der Waals surface area contributed by atoms with Gasteiger partial charge >= 0.3 is 0 Å². The molecule has 0 spiro atoms. The van der Waals surface area contributed by atoms with Crippen molar-refractivity contribution < 1.29 is 19.1 Å². The Morgan fingerprint density at radius 2 is 2.08 bits per heavy atom. The molecule has 4 rings (SSSR count). The number of nitrogens with zero attached hydrogens (tertiary/aromatic N) is 2. The number of guanidine groups is 1. The number of rotatable bonds is 9. The normalized spacial score (nSPS) is 18.5. The van der Waals surface area contributed by atoms with Crippen LogP contribution in [0.3, 0.4) is 0 Å². The fraction of sp³-hybridized carbons (Fsp3) is 0.407. The molecule has 2 atom stereocenters. The number of amides is 1. The number of carbonyl (C=O) groups is 2. The van der Waals surface area contributed by atoms with Crippen LogP contribution in [0, 0.1) is 11.3 Å². The number of alkyl halides is 1. The third kappa shape index (κ3) is 6.66. The molecule has 1 saturated carbocycles. The predicted octanol–water partition coefficient (Wildman–Crippen LogP) is 4.30. The second kappa shape index (κ2) is 11.3. The highest BCUT2D eigenvalue weighted by Crippen LogP contribution is 2.48. The minimum Gasteiger partial charge on any atom is -0.508 e. The van der Waals surface area contributed by atoms with Gasteiger partial charge in [-0.05, 0) is 60.6 Å². The van der Waals surface area contributed by atoms with Crippen molar-refractivity contribution in [1.29, 1.82) is 5.26 Å². The van der Waals surface area contributed by atoms with Gasteiger partial charge in [0.1, 0.15) is 11.9 Å². The molecule has 8 nitrogen and oxygen atoms in total. The third-order valence-corrected chi connectivity index (χ3v) is 7.16. The molecule has 1 unspecified atom stereocenters. The smallest absolute Gasteiger partial charge is 0.251 e. The number of benzene rings is 2. The van der Waals surface area contributed by atoms with Crippen molar-refractivity contribution in [2.24, 2.45) is 4.99 Å². The van der Waals surface area contributed by atoms with Crippen LogP contribution in [0.25, 0.3) is 0 Å². The number of aromatic hydroxyl groups is 1. The molecule has 0 saturated heterocycles. The Bertz CT molecular complexity index is 1270. The summed E-state index contributed by atoms with van der Waals surface area (Å²) >= 11 is 3.54. The predicted molar refractivity (Wildman–Crippen MR) is 143 cm³/mol. The first-order valence-electron chi connectivity index (χ1n) is 12.3. The van der Waals surface area contributed by atoms with Gasteiger partial charge in [-0.2, -0.15) is 5.26 Å². The third-order valence-electron chi connectivity index (χ3n) is 6.70. The van der Waals surface area contributed by atoms with Gasteiger partial charge in [0.15, 0.2) is 11.7 Å². The van der Waals surface area contributed by atoms with Gasteiger partial charge in [-0.3, -0.25) is 9.59 Å². The maximum Gasteiger partial charge on any atom is 0.251 e. The summed E-state index contributed by atoms with van der Waals surface area (Å²) in [7, 11) is 0. The van der Waals surface area contributed by atoms with E-state index in [2.05, 4.69) is 42.9 Å². The molecule has 0 bridgehead atoms. The average Bonchev–Trinajstić information content (AvgIpc) is 3.68. The van der Waals surface area contributed by atoms with Crippen LogP contribution in [0.5, 0.6) is 5.75 Å². The molecule has 1 aliphatic carbocycles. The molecule has 0 aromatic heterocycles. The van der Waals surface area contributed by atoms with E-state index < -0.39 is 17.5 Å².